The molecular weight excluding hydrogens is 318 g/mol. The van der Waals surface area contributed by atoms with Gasteiger partial charge in [-0.05, 0) is 29.7 Å². The van der Waals surface area contributed by atoms with Crippen molar-refractivity contribution in [1.82, 2.24) is 4.57 Å². The van der Waals surface area contributed by atoms with Crippen LogP contribution >= 0.6 is 0 Å². The Morgan fingerprint density at radius 3 is 1.58 bits per heavy atom. The van der Waals surface area contributed by atoms with Crippen molar-refractivity contribution in [3.8, 4) is 28.2 Å². The molecule has 0 atom stereocenters. The van der Waals surface area contributed by atoms with Crippen LogP contribution in [0.2, 0.25) is 0 Å². The van der Waals surface area contributed by atoms with E-state index in [1.807, 2.05) is 72.8 Å². The van der Waals surface area contributed by atoms with Crippen molar-refractivity contribution in [1.29, 1.82) is 0 Å². The van der Waals surface area contributed by atoms with Crippen LogP contribution in [0.5, 0.6) is 0 Å². The zero-order chi connectivity index (χ0) is 17.9. The van der Waals surface area contributed by atoms with Crippen LogP contribution in [0.1, 0.15) is 5.56 Å². The van der Waals surface area contributed by atoms with Crippen molar-refractivity contribution in [3.05, 3.63) is 113 Å². The third kappa shape index (κ3) is 2.98. The molecule has 0 aliphatic carbocycles. The second-order valence-electron chi connectivity index (χ2n) is 6.32. The summed E-state index contributed by atoms with van der Waals surface area (Å²) in [5.41, 5.74) is 6.07. The molecule has 2 nitrogen and oxygen atoms in total. The van der Waals surface area contributed by atoms with Crippen LogP contribution in [0.25, 0.3) is 28.2 Å². The average molecular weight is 337 g/mol. The van der Waals surface area contributed by atoms with E-state index in [0.29, 0.717) is 0 Å². The molecule has 0 amide bonds. The van der Waals surface area contributed by atoms with Crippen LogP contribution in [-0.2, 0) is 0 Å². The van der Waals surface area contributed by atoms with Gasteiger partial charge in [0, 0.05) is 17.8 Å². The molecule has 0 unspecified atom stereocenters. The number of aromatic nitrogens is 1. The molecule has 2 heteroatoms. The maximum atomic E-state index is 12.5. The Bertz CT molecular complexity index is 1030. The van der Waals surface area contributed by atoms with Crippen LogP contribution in [0, 0.1) is 6.92 Å². The van der Waals surface area contributed by atoms with Crippen LogP contribution in [-0.4, -0.2) is 4.57 Å². The predicted octanol–water partition coefficient (Wildman–Crippen LogP) is 5.48. The van der Waals surface area contributed by atoms with Crippen molar-refractivity contribution in [3.63, 3.8) is 0 Å². The molecule has 0 N–H and O–H groups in total. The van der Waals surface area contributed by atoms with Crippen LogP contribution in [0.4, 0.5) is 0 Å². The highest BCUT2D eigenvalue weighted by atomic mass is 16.1. The number of aryl methyl sites for hydroxylation is 1. The van der Waals surface area contributed by atoms with Gasteiger partial charge in [0.1, 0.15) is 0 Å². The molecule has 0 bridgehead atoms. The quantitative estimate of drug-likeness (QED) is 0.485. The minimum atomic E-state index is 0.00698. The van der Waals surface area contributed by atoms with Crippen molar-refractivity contribution in [2.45, 2.75) is 6.92 Å². The van der Waals surface area contributed by atoms with E-state index >= 15 is 0 Å². The van der Waals surface area contributed by atoms with Crippen LogP contribution in [0.15, 0.2) is 102 Å². The maximum Gasteiger partial charge on any atom is 0.182 e. The van der Waals surface area contributed by atoms with E-state index in [0.717, 1.165) is 33.8 Å². The third-order valence-electron chi connectivity index (χ3n) is 4.54. The van der Waals surface area contributed by atoms with E-state index in [4.69, 9.17) is 0 Å². The molecule has 126 valence electrons. The Kier molecular flexibility index (Phi) is 4.24. The molecule has 0 radical (unpaired) electrons. The van der Waals surface area contributed by atoms with Gasteiger partial charge in [0.25, 0.3) is 0 Å². The summed E-state index contributed by atoms with van der Waals surface area (Å²) in [6.07, 6.45) is 0. The third-order valence-corrected chi connectivity index (χ3v) is 4.54. The van der Waals surface area contributed by atoms with Crippen LogP contribution < -0.4 is 5.43 Å². The summed E-state index contributed by atoms with van der Waals surface area (Å²) < 4.78 is 2.18. The summed E-state index contributed by atoms with van der Waals surface area (Å²) in [4.78, 5) is 12.5. The second-order valence-corrected chi connectivity index (χ2v) is 6.32. The Morgan fingerprint density at radius 1 is 0.615 bits per heavy atom. The lowest BCUT2D eigenvalue weighted by Gasteiger charge is -2.21. The van der Waals surface area contributed by atoms with Crippen LogP contribution in [0.3, 0.4) is 0 Å². The minimum Gasteiger partial charge on any atom is -0.309 e. The van der Waals surface area contributed by atoms with Gasteiger partial charge in [0.15, 0.2) is 5.43 Å². The second kappa shape index (κ2) is 6.85. The van der Waals surface area contributed by atoms with Gasteiger partial charge in [-0.1, -0.05) is 78.9 Å². The molecular formula is C24H19NO. The van der Waals surface area contributed by atoms with Gasteiger partial charge in [0.2, 0.25) is 0 Å². The normalized spacial score (nSPS) is 10.7. The molecule has 0 saturated carbocycles. The van der Waals surface area contributed by atoms with Gasteiger partial charge in [-0.3, -0.25) is 4.79 Å². The summed E-state index contributed by atoms with van der Waals surface area (Å²) in [6, 6.07) is 31.8. The molecule has 0 spiro atoms. The molecule has 4 aromatic rings. The molecule has 0 saturated heterocycles. The summed E-state index contributed by atoms with van der Waals surface area (Å²) in [6.45, 7) is 2.09. The van der Waals surface area contributed by atoms with E-state index in [1.54, 1.807) is 12.1 Å². The molecule has 1 heterocycles. The molecule has 3 aromatic carbocycles. The molecule has 0 fully saturated rings. The van der Waals surface area contributed by atoms with Gasteiger partial charge in [-0.25, -0.2) is 0 Å². The van der Waals surface area contributed by atoms with Crippen molar-refractivity contribution in [2.75, 3.05) is 0 Å². The highest BCUT2D eigenvalue weighted by molar-refractivity contribution is 5.71. The first-order valence-electron chi connectivity index (χ1n) is 8.68. The lowest BCUT2D eigenvalue weighted by atomic mass is 10.0. The molecule has 4 rings (SSSR count). The number of pyridine rings is 1. The van der Waals surface area contributed by atoms with E-state index in [9.17, 15) is 4.79 Å². The van der Waals surface area contributed by atoms with Gasteiger partial charge in [-0.2, -0.15) is 0 Å². The fourth-order valence-corrected chi connectivity index (χ4v) is 3.29. The number of hydrogen-bond acceptors (Lipinski definition) is 1. The number of para-hydroxylation sites is 1. The summed E-state index contributed by atoms with van der Waals surface area (Å²) in [7, 11) is 0. The molecule has 1 aromatic heterocycles. The monoisotopic (exact) mass is 337 g/mol. The van der Waals surface area contributed by atoms with Crippen molar-refractivity contribution < 1.29 is 0 Å². The SMILES string of the molecule is Cc1ccccc1-n1c(-c2ccccc2)cc(=O)cc1-c1ccccc1. The van der Waals surface area contributed by atoms with Gasteiger partial charge in [0.05, 0.1) is 11.4 Å². The number of nitrogens with zero attached hydrogens (tertiary/aromatic N) is 1. The minimum absolute atomic E-state index is 0.00698. The van der Waals surface area contributed by atoms with Crippen molar-refractivity contribution in [2.24, 2.45) is 0 Å². The Morgan fingerprint density at radius 2 is 1.08 bits per heavy atom. The number of benzene rings is 3. The predicted molar refractivity (Wildman–Crippen MR) is 108 cm³/mol. The number of rotatable bonds is 3. The van der Waals surface area contributed by atoms with E-state index in [2.05, 4.69) is 23.6 Å². The zero-order valence-corrected chi connectivity index (χ0v) is 14.6. The Hall–Kier alpha value is -3.39. The zero-order valence-electron chi connectivity index (χ0n) is 14.6. The average Bonchev–Trinajstić information content (AvgIpc) is 2.69. The van der Waals surface area contributed by atoms with Crippen molar-refractivity contribution >= 4 is 0 Å². The number of hydrogen-bond donors (Lipinski definition) is 0. The lowest BCUT2D eigenvalue weighted by Crippen LogP contribution is -2.12. The van der Waals surface area contributed by atoms with Gasteiger partial charge < -0.3 is 4.57 Å². The lowest BCUT2D eigenvalue weighted by molar-refractivity contribution is 1.04. The van der Waals surface area contributed by atoms with E-state index < -0.39 is 0 Å². The van der Waals surface area contributed by atoms with E-state index in [1.165, 1.54) is 0 Å². The van der Waals surface area contributed by atoms with E-state index in [-0.39, 0.29) is 5.43 Å². The fraction of sp³-hybridized carbons (Fsp3) is 0.0417. The first kappa shape index (κ1) is 16.1. The Balaban J connectivity index is 2.12. The summed E-state index contributed by atoms with van der Waals surface area (Å²) >= 11 is 0. The fourth-order valence-electron chi connectivity index (χ4n) is 3.29. The largest absolute Gasteiger partial charge is 0.309 e. The molecule has 26 heavy (non-hydrogen) atoms. The standard InChI is InChI=1S/C24H19NO/c1-18-10-8-9-15-22(18)25-23(19-11-4-2-5-12-19)16-21(26)17-24(25)20-13-6-3-7-14-20/h2-17H,1H3. The smallest absolute Gasteiger partial charge is 0.182 e. The first-order chi connectivity index (χ1) is 12.7. The summed E-state index contributed by atoms with van der Waals surface area (Å²) in [5, 5.41) is 0. The van der Waals surface area contributed by atoms with Gasteiger partial charge in [-0.15, -0.1) is 0 Å². The molecule has 0 aliphatic heterocycles. The summed E-state index contributed by atoms with van der Waals surface area (Å²) in [5.74, 6) is 0. The highest BCUT2D eigenvalue weighted by Crippen LogP contribution is 2.30. The molecule has 0 aliphatic rings. The highest BCUT2D eigenvalue weighted by Gasteiger charge is 2.14. The van der Waals surface area contributed by atoms with Gasteiger partial charge >= 0.3 is 0 Å². The topological polar surface area (TPSA) is 22.0 Å². The first-order valence-corrected chi connectivity index (χ1v) is 8.68. The maximum absolute atomic E-state index is 12.5. The Labute approximate surface area is 153 Å².